The molecule has 1 aromatic rings. The Hall–Kier alpha value is -1.32. The van der Waals surface area contributed by atoms with Crippen LogP contribution in [0, 0.1) is 17.6 Å². The van der Waals surface area contributed by atoms with Crippen LogP contribution in [-0.4, -0.2) is 12.6 Å². The van der Waals surface area contributed by atoms with Crippen molar-refractivity contribution in [2.75, 3.05) is 17.2 Å². The summed E-state index contributed by atoms with van der Waals surface area (Å²) >= 11 is 0. The fourth-order valence-corrected chi connectivity index (χ4v) is 1.69. The first-order chi connectivity index (χ1) is 7.08. The molecule has 0 radical (unpaired) electrons. The minimum atomic E-state index is -0.553. The van der Waals surface area contributed by atoms with E-state index in [2.05, 4.69) is 17.6 Å². The summed E-state index contributed by atoms with van der Waals surface area (Å²) in [7, 11) is 0. The Morgan fingerprint density at radius 3 is 2.73 bits per heavy atom. The van der Waals surface area contributed by atoms with Gasteiger partial charge in [-0.15, -0.1) is 0 Å². The average Bonchev–Trinajstić information content (AvgIpc) is 2.27. The predicted molar refractivity (Wildman–Crippen MR) is 57.1 cm³/mol. The number of anilines is 2. The number of hydrogen-bond acceptors (Lipinski definition) is 2. The van der Waals surface area contributed by atoms with Crippen LogP contribution in [0.5, 0.6) is 0 Å². The van der Waals surface area contributed by atoms with Gasteiger partial charge in [-0.1, -0.05) is 6.92 Å². The van der Waals surface area contributed by atoms with Crippen LogP contribution in [0.2, 0.25) is 0 Å². The minimum Gasteiger partial charge on any atom is -0.381 e. The molecule has 1 aromatic carbocycles. The molecule has 0 fully saturated rings. The van der Waals surface area contributed by atoms with E-state index in [0.717, 1.165) is 6.07 Å². The summed E-state index contributed by atoms with van der Waals surface area (Å²) in [5.41, 5.74) is 0.872. The van der Waals surface area contributed by atoms with E-state index < -0.39 is 11.6 Å². The van der Waals surface area contributed by atoms with E-state index in [0.29, 0.717) is 23.8 Å². The molecule has 2 rings (SSSR count). The van der Waals surface area contributed by atoms with Crippen molar-refractivity contribution in [3.8, 4) is 0 Å². The molecule has 15 heavy (non-hydrogen) atoms. The monoisotopic (exact) mass is 212 g/mol. The van der Waals surface area contributed by atoms with E-state index in [1.54, 1.807) is 0 Å². The highest BCUT2D eigenvalue weighted by molar-refractivity contribution is 5.70. The van der Waals surface area contributed by atoms with Crippen LogP contribution in [0.4, 0.5) is 20.2 Å². The highest BCUT2D eigenvalue weighted by atomic mass is 19.1. The highest BCUT2D eigenvalue weighted by Gasteiger charge is 2.21. The zero-order chi connectivity index (χ0) is 11.0. The molecule has 4 heteroatoms. The van der Waals surface area contributed by atoms with Crippen molar-refractivity contribution in [3.63, 3.8) is 0 Å². The number of rotatable bonds is 0. The molecule has 0 saturated heterocycles. The summed E-state index contributed by atoms with van der Waals surface area (Å²) in [5.74, 6) is -0.735. The largest absolute Gasteiger partial charge is 0.381 e. The van der Waals surface area contributed by atoms with E-state index >= 15 is 0 Å². The maximum absolute atomic E-state index is 13.4. The maximum Gasteiger partial charge on any atom is 0.151 e. The molecule has 0 aliphatic carbocycles. The Kier molecular flexibility index (Phi) is 2.50. The second-order valence-electron chi connectivity index (χ2n) is 4.10. The Balaban J connectivity index is 2.42. The summed E-state index contributed by atoms with van der Waals surface area (Å²) in [5, 5.41) is 6.11. The van der Waals surface area contributed by atoms with Crippen LogP contribution in [0.15, 0.2) is 12.1 Å². The van der Waals surface area contributed by atoms with E-state index in [-0.39, 0.29) is 6.04 Å². The summed E-state index contributed by atoms with van der Waals surface area (Å²) in [6.45, 7) is 4.75. The van der Waals surface area contributed by atoms with Crippen molar-refractivity contribution in [1.82, 2.24) is 0 Å². The molecule has 0 saturated carbocycles. The van der Waals surface area contributed by atoms with Crippen molar-refractivity contribution >= 4 is 11.4 Å². The van der Waals surface area contributed by atoms with Gasteiger partial charge in [0.2, 0.25) is 0 Å². The highest BCUT2D eigenvalue weighted by Crippen LogP contribution is 2.30. The second-order valence-corrected chi connectivity index (χ2v) is 4.10. The van der Waals surface area contributed by atoms with E-state index in [1.165, 1.54) is 6.07 Å². The quantitative estimate of drug-likeness (QED) is 0.691. The standard InChI is InChI=1S/C11H14F2N2/c1-6-5-14-11-9(13)3-8(12)4-10(11)15-7(6)2/h3-4,6-7,14-15H,5H2,1-2H3. The molecule has 2 unspecified atom stereocenters. The Morgan fingerprint density at radius 2 is 2.00 bits per heavy atom. The van der Waals surface area contributed by atoms with E-state index in [1.807, 2.05) is 6.92 Å². The molecule has 2 N–H and O–H groups in total. The van der Waals surface area contributed by atoms with Crippen molar-refractivity contribution in [2.45, 2.75) is 19.9 Å². The topological polar surface area (TPSA) is 24.1 Å². The predicted octanol–water partition coefficient (Wildman–Crippen LogP) is 2.83. The molecular formula is C11H14F2N2. The third-order valence-corrected chi connectivity index (χ3v) is 2.89. The fourth-order valence-electron chi connectivity index (χ4n) is 1.69. The van der Waals surface area contributed by atoms with E-state index in [9.17, 15) is 8.78 Å². The second kappa shape index (κ2) is 3.68. The molecule has 82 valence electrons. The zero-order valence-electron chi connectivity index (χ0n) is 8.77. The van der Waals surface area contributed by atoms with Gasteiger partial charge in [-0.05, 0) is 18.9 Å². The Bertz CT molecular complexity index is 379. The van der Waals surface area contributed by atoms with Gasteiger partial charge in [0.1, 0.15) is 5.82 Å². The summed E-state index contributed by atoms with van der Waals surface area (Å²) in [6, 6.07) is 2.41. The zero-order valence-corrected chi connectivity index (χ0v) is 8.77. The molecule has 0 aromatic heterocycles. The fraction of sp³-hybridized carbons (Fsp3) is 0.455. The first-order valence-corrected chi connectivity index (χ1v) is 5.07. The number of halogens is 2. The van der Waals surface area contributed by atoms with Crippen LogP contribution in [0.3, 0.4) is 0 Å². The molecule has 1 heterocycles. The number of hydrogen-bond donors (Lipinski definition) is 2. The number of fused-ring (bicyclic) bond motifs is 1. The van der Waals surface area contributed by atoms with Crippen LogP contribution < -0.4 is 10.6 Å². The number of nitrogens with one attached hydrogen (secondary N) is 2. The molecule has 1 aliphatic rings. The van der Waals surface area contributed by atoms with Crippen LogP contribution in [0.25, 0.3) is 0 Å². The van der Waals surface area contributed by atoms with Crippen molar-refractivity contribution in [1.29, 1.82) is 0 Å². The van der Waals surface area contributed by atoms with Gasteiger partial charge < -0.3 is 10.6 Å². The van der Waals surface area contributed by atoms with Gasteiger partial charge in [0.05, 0.1) is 11.4 Å². The third kappa shape index (κ3) is 1.89. The number of benzene rings is 1. The lowest BCUT2D eigenvalue weighted by atomic mass is 10.0. The molecule has 0 spiro atoms. The summed E-state index contributed by atoms with van der Waals surface area (Å²) in [6.07, 6.45) is 0. The Labute approximate surface area is 87.7 Å². The Morgan fingerprint density at radius 1 is 1.27 bits per heavy atom. The van der Waals surface area contributed by atoms with Gasteiger partial charge in [-0.25, -0.2) is 8.78 Å². The van der Waals surface area contributed by atoms with Gasteiger partial charge in [-0.2, -0.15) is 0 Å². The first-order valence-electron chi connectivity index (χ1n) is 5.07. The van der Waals surface area contributed by atoms with Gasteiger partial charge in [0, 0.05) is 18.7 Å². The van der Waals surface area contributed by atoms with Gasteiger partial charge in [0.25, 0.3) is 0 Å². The molecule has 2 atom stereocenters. The third-order valence-electron chi connectivity index (χ3n) is 2.89. The maximum atomic E-state index is 13.4. The van der Waals surface area contributed by atoms with Crippen LogP contribution in [-0.2, 0) is 0 Å². The molecule has 0 amide bonds. The molecular weight excluding hydrogens is 198 g/mol. The summed E-state index contributed by atoms with van der Waals surface area (Å²) in [4.78, 5) is 0. The van der Waals surface area contributed by atoms with Gasteiger partial charge in [0.15, 0.2) is 5.82 Å². The SMILES string of the molecule is CC1CNc2c(F)cc(F)cc2NC1C. The molecule has 1 aliphatic heterocycles. The van der Waals surface area contributed by atoms with Crippen molar-refractivity contribution < 1.29 is 8.78 Å². The molecule has 2 nitrogen and oxygen atoms in total. The van der Waals surface area contributed by atoms with Crippen molar-refractivity contribution in [2.24, 2.45) is 5.92 Å². The lowest BCUT2D eigenvalue weighted by Gasteiger charge is -2.17. The normalized spacial score (nSPS) is 24.8. The first kappa shape index (κ1) is 10.2. The van der Waals surface area contributed by atoms with Crippen LogP contribution >= 0.6 is 0 Å². The smallest absolute Gasteiger partial charge is 0.151 e. The average molecular weight is 212 g/mol. The van der Waals surface area contributed by atoms with Gasteiger partial charge in [-0.3, -0.25) is 0 Å². The lowest BCUT2D eigenvalue weighted by molar-refractivity contribution is 0.541. The summed E-state index contributed by atoms with van der Waals surface area (Å²) < 4.78 is 26.4. The van der Waals surface area contributed by atoms with E-state index in [4.69, 9.17) is 0 Å². The van der Waals surface area contributed by atoms with Crippen molar-refractivity contribution in [3.05, 3.63) is 23.8 Å². The van der Waals surface area contributed by atoms with Gasteiger partial charge >= 0.3 is 0 Å². The minimum absolute atomic E-state index is 0.194. The lowest BCUT2D eigenvalue weighted by Crippen LogP contribution is -2.25. The van der Waals surface area contributed by atoms with Crippen LogP contribution in [0.1, 0.15) is 13.8 Å². The molecule has 0 bridgehead atoms.